The highest BCUT2D eigenvalue weighted by Gasteiger charge is 2.36. The second kappa shape index (κ2) is 7.36. The second-order valence-corrected chi connectivity index (χ2v) is 8.15. The normalized spacial score (nSPS) is 16.1. The van der Waals surface area contributed by atoms with Gasteiger partial charge in [-0.25, -0.2) is 0 Å². The minimum Gasteiger partial charge on any atom is -0.317 e. The van der Waals surface area contributed by atoms with E-state index in [1.54, 1.807) is 4.90 Å². The van der Waals surface area contributed by atoms with Crippen LogP contribution in [0.5, 0.6) is 0 Å². The maximum Gasteiger partial charge on any atom is 0.277 e. The first kappa shape index (κ1) is 19.5. The molecule has 5 rings (SSSR count). The van der Waals surface area contributed by atoms with Gasteiger partial charge in [0.25, 0.3) is 5.91 Å². The maximum atomic E-state index is 13.0. The van der Waals surface area contributed by atoms with Gasteiger partial charge in [0.15, 0.2) is 5.11 Å². The van der Waals surface area contributed by atoms with E-state index in [1.807, 2.05) is 31.9 Å². The van der Waals surface area contributed by atoms with Gasteiger partial charge >= 0.3 is 0 Å². The van der Waals surface area contributed by atoms with E-state index in [2.05, 4.69) is 71.3 Å². The summed E-state index contributed by atoms with van der Waals surface area (Å²) in [5, 5.41) is 2.92. The molecule has 1 amide bonds. The lowest BCUT2D eigenvalue weighted by atomic mass is 10.0. The number of rotatable bonds is 3. The number of aromatic nitrogens is 1. The molecule has 3 aromatic carbocycles. The van der Waals surface area contributed by atoms with E-state index in [0.717, 1.165) is 22.3 Å². The average molecular weight is 426 g/mol. The molecule has 31 heavy (non-hydrogen) atoms. The molecule has 5 heteroatoms. The van der Waals surface area contributed by atoms with E-state index in [4.69, 9.17) is 12.2 Å². The van der Waals surface area contributed by atoms with Gasteiger partial charge < -0.3 is 9.47 Å². The fraction of sp³-hybridized carbons (Fsp3) is 0.154. The fourth-order valence-electron chi connectivity index (χ4n) is 4.52. The van der Waals surface area contributed by atoms with Crippen molar-refractivity contribution in [3.05, 3.63) is 84.1 Å². The number of allylic oxidation sites excluding steroid dienone is 1. The molecule has 0 bridgehead atoms. The first-order valence-electron chi connectivity index (χ1n) is 10.4. The molecule has 0 aliphatic carbocycles. The molecule has 0 radical (unpaired) electrons. The van der Waals surface area contributed by atoms with E-state index in [0.29, 0.717) is 17.4 Å². The van der Waals surface area contributed by atoms with E-state index in [-0.39, 0.29) is 5.91 Å². The van der Waals surface area contributed by atoms with Gasteiger partial charge in [0.1, 0.15) is 5.70 Å². The predicted molar refractivity (Wildman–Crippen MR) is 131 cm³/mol. The van der Waals surface area contributed by atoms with Crippen LogP contribution in [0.2, 0.25) is 0 Å². The van der Waals surface area contributed by atoms with Gasteiger partial charge in [0.05, 0.1) is 11.0 Å². The van der Waals surface area contributed by atoms with Crippen molar-refractivity contribution < 1.29 is 4.79 Å². The summed E-state index contributed by atoms with van der Waals surface area (Å²) in [4.78, 5) is 16.4. The number of fused-ring (bicyclic) bond motifs is 3. The summed E-state index contributed by atoms with van der Waals surface area (Å²) in [7, 11) is 1.87. The van der Waals surface area contributed by atoms with Crippen LogP contribution in [0.3, 0.4) is 0 Å². The summed E-state index contributed by atoms with van der Waals surface area (Å²) in [5.74, 6) is -0.0284. The monoisotopic (exact) mass is 425 g/mol. The number of likely N-dealkylation sites (N-methyl/N-ethyl adjacent to an activating group) is 2. The Morgan fingerprint density at radius 3 is 2.29 bits per heavy atom. The third-order valence-electron chi connectivity index (χ3n) is 6.09. The minimum atomic E-state index is -0.0284. The van der Waals surface area contributed by atoms with Crippen LogP contribution < -0.4 is 0 Å². The predicted octanol–water partition coefficient (Wildman–Crippen LogP) is 5.59. The van der Waals surface area contributed by atoms with Gasteiger partial charge in [-0.3, -0.25) is 9.69 Å². The Labute approximate surface area is 187 Å². The number of carbonyl (C=O) groups excluding carboxylic acids is 1. The number of thiocarbonyl (C=S) groups is 1. The molecular weight excluding hydrogens is 402 g/mol. The number of para-hydroxylation sites is 2. The van der Waals surface area contributed by atoms with Crippen LogP contribution >= 0.6 is 12.2 Å². The topological polar surface area (TPSA) is 28.5 Å². The molecule has 1 fully saturated rings. The molecular formula is C26H23N3OS. The highest BCUT2D eigenvalue weighted by Crippen LogP contribution is 2.35. The molecule has 0 N–H and O–H groups in total. The van der Waals surface area contributed by atoms with E-state index in [1.165, 1.54) is 16.3 Å². The Bertz CT molecular complexity index is 1380. The summed E-state index contributed by atoms with van der Waals surface area (Å²) in [6.07, 6.45) is 0. The summed E-state index contributed by atoms with van der Waals surface area (Å²) in [5.41, 5.74) is 6.05. The van der Waals surface area contributed by atoms with Gasteiger partial charge in [0, 0.05) is 30.1 Å². The van der Waals surface area contributed by atoms with Crippen LogP contribution in [0, 0.1) is 0 Å². The van der Waals surface area contributed by atoms with Crippen molar-refractivity contribution in [2.24, 2.45) is 0 Å². The van der Waals surface area contributed by atoms with Gasteiger partial charge in [-0.2, -0.15) is 0 Å². The molecule has 0 spiro atoms. The van der Waals surface area contributed by atoms with Crippen LogP contribution in [0.25, 0.3) is 33.1 Å². The molecule has 154 valence electrons. The van der Waals surface area contributed by atoms with Gasteiger partial charge in [-0.1, -0.05) is 42.5 Å². The molecule has 0 unspecified atom stereocenters. The molecule has 4 nitrogen and oxygen atoms in total. The van der Waals surface area contributed by atoms with Crippen molar-refractivity contribution >= 4 is 50.6 Å². The van der Waals surface area contributed by atoms with Crippen molar-refractivity contribution in [3.8, 4) is 5.69 Å². The minimum absolute atomic E-state index is 0.0284. The van der Waals surface area contributed by atoms with Gasteiger partial charge in [-0.15, -0.1) is 0 Å². The fourth-order valence-corrected chi connectivity index (χ4v) is 4.83. The van der Waals surface area contributed by atoms with Crippen molar-refractivity contribution in [2.45, 2.75) is 13.8 Å². The Balaban J connectivity index is 1.75. The summed E-state index contributed by atoms with van der Waals surface area (Å²) < 4.78 is 2.29. The van der Waals surface area contributed by atoms with Crippen molar-refractivity contribution in [3.63, 3.8) is 0 Å². The third kappa shape index (κ3) is 2.88. The SMILES string of the molecule is CCN1C(=O)/C(=C(/C)c2ccc3c(c2)c2ccccc2n3-c2ccccc2)N(C)C1=S. The van der Waals surface area contributed by atoms with Crippen molar-refractivity contribution in [1.29, 1.82) is 0 Å². The lowest BCUT2D eigenvalue weighted by Crippen LogP contribution is -2.30. The number of carbonyl (C=O) groups is 1. The number of nitrogens with zero attached hydrogens (tertiary/aromatic N) is 3. The Morgan fingerprint density at radius 2 is 1.58 bits per heavy atom. The first-order chi connectivity index (χ1) is 15.0. The molecule has 1 aliphatic rings. The summed E-state index contributed by atoms with van der Waals surface area (Å²) >= 11 is 5.48. The van der Waals surface area contributed by atoms with Crippen molar-refractivity contribution in [1.82, 2.24) is 14.4 Å². The average Bonchev–Trinajstić information content (AvgIpc) is 3.24. The maximum absolute atomic E-state index is 13.0. The third-order valence-corrected chi connectivity index (χ3v) is 6.59. The standard InChI is InChI=1S/C26H23N3OS/c1-4-28-25(30)24(27(3)26(28)31)17(2)18-14-15-23-21(16-18)20-12-8-9-13-22(20)29(23)19-10-6-5-7-11-19/h5-16H,4H2,1-3H3/b24-17+. The first-order valence-corrected chi connectivity index (χ1v) is 10.8. The quantitative estimate of drug-likeness (QED) is 0.316. The molecule has 4 aromatic rings. The number of hydrogen-bond acceptors (Lipinski definition) is 2. The molecule has 0 saturated carbocycles. The highest BCUT2D eigenvalue weighted by molar-refractivity contribution is 7.80. The second-order valence-electron chi connectivity index (χ2n) is 7.78. The van der Waals surface area contributed by atoms with E-state index >= 15 is 0 Å². The van der Waals surface area contributed by atoms with Gasteiger partial charge in [-0.05, 0) is 67.5 Å². The Kier molecular flexibility index (Phi) is 4.63. The number of hydrogen-bond donors (Lipinski definition) is 0. The Hall–Kier alpha value is -3.44. The van der Waals surface area contributed by atoms with Crippen LogP contribution in [0.1, 0.15) is 19.4 Å². The van der Waals surface area contributed by atoms with Gasteiger partial charge in [0.2, 0.25) is 0 Å². The zero-order chi connectivity index (χ0) is 21.7. The van der Waals surface area contributed by atoms with Crippen molar-refractivity contribution in [2.75, 3.05) is 13.6 Å². The summed E-state index contributed by atoms with van der Waals surface area (Å²) in [6.45, 7) is 4.52. The molecule has 0 atom stereocenters. The van der Waals surface area contributed by atoms with E-state index < -0.39 is 0 Å². The van der Waals surface area contributed by atoms with Crippen LogP contribution in [0.4, 0.5) is 0 Å². The van der Waals surface area contributed by atoms with Crippen LogP contribution in [-0.4, -0.2) is 39.0 Å². The van der Waals surface area contributed by atoms with Crippen LogP contribution in [-0.2, 0) is 4.79 Å². The van der Waals surface area contributed by atoms with Crippen LogP contribution in [0.15, 0.2) is 78.5 Å². The molecule has 1 aromatic heterocycles. The molecule has 1 saturated heterocycles. The molecule has 2 heterocycles. The lowest BCUT2D eigenvalue weighted by Gasteiger charge is -2.15. The zero-order valence-electron chi connectivity index (χ0n) is 17.8. The largest absolute Gasteiger partial charge is 0.317 e. The summed E-state index contributed by atoms with van der Waals surface area (Å²) in [6, 6.07) is 25.3. The van der Waals surface area contributed by atoms with E-state index in [9.17, 15) is 4.79 Å². The number of benzene rings is 3. The Morgan fingerprint density at radius 1 is 0.903 bits per heavy atom. The lowest BCUT2D eigenvalue weighted by molar-refractivity contribution is -0.122. The highest BCUT2D eigenvalue weighted by atomic mass is 32.1. The smallest absolute Gasteiger partial charge is 0.277 e. The number of amides is 1. The zero-order valence-corrected chi connectivity index (χ0v) is 18.6. The molecule has 1 aliphatic heterocycles.